The summed E-state index contributed by atoms with van der Waals surface area (Å²) in [4.78, 5) is 26.5. The van der Waals surface area contributed by atoms with Crippen molar-refractivity contribution in [2.45, 2.75) is 41.9 Å². The number of esters is 1. The highest BCUT2D eigenvalue weighted by Crippen LogP contribution is 2.49. The highest BCUT2D eigenvalue weighted by Gasteiger charge is 2.40. The number of rotatable bonds is 7. The van der Waals surface area contributed by atoms with Gasteiger partial charge in [-0.05, 0) is 61.3 Å². The highest BCUT2D eigenvalue weighted by atomic mass is 32.2. The number of hydrogen-bond acceptors (Lipinski definition) is 4. The Balaban J connectivity index is 1.27. The zero-order chi connectivity index (χ0) is 19.3. The number of fused-ring (bicyclic) bond motifs is 2. The Kier molecular flexibility index (Phi) is 6.01. The van der Waals surface area contributed by atoms with Gasteiger partial charge in [0, 0.05) is 16.2 Å². The van der Waals surface area contributed by atoms with E-state index in [0.29, 0.717) is 18.3 Å². The van der Waals surface area contributed by atoms with Crippen molar-refractivity contribution in [3.63, 3.8) is 0 Å². The van der Waals surface area contributed by atoms with Crippen LogP contribution in [0.3, 0.4) is 0 Å². The molecule has 2 aliphatic rings. The second-order valence-corrected chi connectivity index (χ2v) is 8.87. The molecule has 146 valence electrons. The Labute approximate surface area is 170 Å². The number of nitrogens with one attached hydrogen (secondary N) is 1. The molecule has 0 unspecified atom stereocenters. The molecular formula is C23H25NO3S. The van der Waals surface area contributed by atoms with Crippen molar-refractivity contribution in [3.8, 4) is 0 Å². The molecule has 0 aliphatic heterocycles. The third-order valence-electron chi connectivity index (χ3n) is 5.81. The molecule has 2 aromatic carbocycles. The van der Waals surface area contributed by atoms with Gasteiger partial charge in [-0.15, -0.1) is 0 Å². The first-order valence-electron chi connectivity index (χ1n) is 9.95. The molecule has 0 aromatic heterocycles. The van der Waals surface area contributed by atoms with E-state index in [-0.39, 0.29) is 18.5 Å². The van der Waals surface area contributed by atoms with Gasteiger partial charge in [0.25, 0.3) is 5.91 Å². The van der Waals surface area contributed by atoms with Crippen LogP contribution in [0.5, 0.6) is 0 Å². The van der Waals surface area contributed by atoms with Crippen LogP contribution in [0.25, 0.3) is 0 Å². The molecule has 2 aromatic rings. The molecule has 5 heteroatoms. The minimum atomic E-state index is -0.303. The van der Waals surface area contributed by atoms with E-state index in [1.807, 2.05) is 54.6 Å². The predicted octanol–water partition coefficient (Wildman–Crippen LogP) is 5.15. The van der Waals surface area contributed by atoms with Crippen molar-refractivity contribution in [1.29, 1.82) is 0 Å². The quantitative estimate of drug-likeness (QED) is 0.659. The first-order valence-corrected chi connectivity index (χ1v) is 10.8. The fourth-order valence-electron chi connectivity index (χ4n) is 4.51. The maximum absolute atomic E-state index is 12.3. The topological polar surface area (TPSA) is 55.4 Å². The molecule has 4 rings (SSSR count). The standard InChI is InChI=1S/C23H25NO3S/c25-22(15-27-23(26)14-18-13-16-10-11-17(18)12-16)24-20-8-4-5-9-21(20)28-19-6-2-1-3-7-19/h1-9,16-18H,10-15H2,(H,24,25)/t16-,17-,18-/m1/s1. The Morgan fingerprint density at radius 1 is 1.00 bits per heavy atom. The second-order valence-electron chi connectivity index (χ2n) is 7.76. The lowest BCUT2D eigenvalue weighted by Crippen LogP contribution is -2.23. The Morgan fingerprint density at radius 3 is 2.54 bits per heavy atom. The summed E-state index contributed by atoms with van der Waals surface area (Å²) in [5, 5.41) is 2.87. The summed E-state index contributed by atoms with van der Waals surface area (Å²) in [5.74, 6) is 1.40. The largest absolute Gasteiger partial charge is 0.456 e. The molecule has 2 fully saturated rings. The Bertz CT molecular complexity index is 839. The van der Waals surface area contributed by atoms with Gasteiger partial charge in [-0.3, -0.25) is 9.59 Å². The van der Waals surface area contributed by atoms with Crippen LogP contribution in [0.15, 0.2) is 64.4 Å². The van der Waals surface area contributed by atoms with E-state index < -0.39 is 0 Å². The molecule has 0 radical (unpaired) electrons. The molecular weight excluding hydrogens is 370 g/mol. The van der Waals surface area contributed by atoms with Gasteiger partial charge in [-0.25, -0.2) is 0 Å². The summed E-state index contributed by atoms with van der Waals surface area (Å²) < 4.78 is 5.25. The molecule has 3 atom stereocenters. The van der Waals surface area contributed by atoms with E-state index >= 15 is 0 Å². The zero-order valence-electron chi connectivity index (χ0n) is 15.8. The van der Waals surface area contributed by atoms with Crippen molar-refractivity contribution >= 4 is 29.3 Å². The molecule has 2 aliphatic carbocycles. The first kappa shape index (κ1) is 19.1. The van der Waals surface area contributed by atoms with Crippen LogP contribution in [-0.4, -0.2) is 18.5 Å². The van der Waals surface area contributed by atoms with Crippen LogP contribution in [0, 0.1) is 17.8 Å². The van der Waals surface area contributed by atoms with Crippen molar-refractivity contribution in [2.75, 3.05) is 11.9 Å². The van der Waals surface area contributed by atoms with Gasteiger partial charge in [0.2, 0.25) is 0 Å². The number of amides is 1. The summed E-state index contributed by atoms with van der Waals surface area (Å²) in [5.41, 5.74) is 0.727. The van der Waals surface area contributed by atoms with Gasteiger partial charge < -0.3 is 10.1 Å². The van der Waals surface area contributed by atoms with E-state index in [2.05, 4.69) is 5.32 Å². The molecule has 2 saturated carbocycles. The highest BCUT2D eigenvalue weighted by molar-refractivity contribution is 7.99. The molecule has 28 heavy (non-hydrogen) atoms. The number of benzene rings is 2. The number of ether oxygens (including phenoxy) is 1. The van der Waals surface area contributed by atoms with Gasteiger partial charge in [-0.2, -0.15) is 0 Å². The zero-order valence-corrected chi connectivity index (χ0v) is 16.6. The number of anilines is 1. The van der Waals surface area contributed by atoms with E-state index in [4.69, 9.17) is 4.74 Å². The molecule has 0 spiro atoms. The summed E-state index contributed by atoms with van der Waals surface area (Å²) in [7, 11) is 0. The maximum atomic E-state index is 12.3. The van der Waals surface area contributed by atoms with E-state index in [1.54, 1.807) is 11.8 Å². The van der Waals surface area contributed by atoms with E-state index in [9.17, 15) is 9.59 Å². The predicted molar refractivity (Wildman–Crippen MR) is 110 cm³/mol. The molecule has 1 N–H and O–H groups in total. The molecule has 4 nitrogen and oxygen atoms in total. The van der Waals surface area contributed by atoms with Gasteiger partial charge in [0.1, 0.15) is 0 Å². The normalized spacial score (nSPS) is 22.8. The Morgan fingerprint density at radius 2 is 1.79 bits per heavy atom. The number of hydrogen-bond donors (Lipinski definition) is 1. The van der Waals surface area contributed by atoms with Crippen LogP contribution in [0.4, 0.5) is 5.69 Å². The lowest BCUT2D eigenvalue weighted by molar-refractivity contribution is -0.148. The summed E-state index contributed by atoms with van der Waals surface area (Å²) in [6.07, 6.45) is 5.44. The third kappa shape index (κ3) is 4.76. The fraction of sp³-hybridized carbons (Fsp3) is 0.391. The van der Waals surface area contributed by atoms with E-state index in [1.165, 1.54) is 19.3 Å². The molecule has 2 bridgehead atoms. The Hall–Kier alpha value is -2.27. The van der Waals surface area contributed by atoms with Crippen LogP contribution >= 0.6 is 11.8 Å². The second kappa shape index (κ2) is 8.82. The van der Waals surface area contributed by atoms with Crippen molar-refractivity contribution in [1.82, 2.24) is 0 Å². The van der Waals surface area contributed by atoms with Gasteiger partial charge in [-0.1, -0.05) is 48.5 Å². The van der Waals surface area contributed by atoms with Crippen molar-refractivity contribution in [2.24, 2.45) is 17.8 Å². The summed E-state index contributed by atoms with van der Waals surface area (Å²) in [6, 6.07) is 17.7. The van der Waals surface area contributed by atoms with Gasteiger partial charge in [0.15, 0.2) is 6.61 Å². The first-order chi connectivity index (χ1) is 13.7. The number of carbonyl (C=O) groups excluding carboxylic acids is 2. The lowest BCUT2D eigenvalue weighted by atomic mass is 9.86. The van der Waals surface area contributed by atoms with Crippen LogP contribution in [-0.2, 0) is 14.3 Å². The average molecular weight is 396 g/mol. The monoisotopic (exact) mass is 395 g/mol. The smallest absolute Gasteiger partial charge is 0.306 e. The third-order valence-corrected chi connectivity index (χ3v) is 6.89. The van der Waals surface area contributed by atoms with Crippen molar-refractivity contribution < 1.29 is 14.3 Å². The fourth-order valence-corrected chi connectivity index (χ4v) is 5.43. The molecule has 0 heterocycles. The van der Waals surface area contributed by atoms with Crippen LogP contribution in [0.2, 0.25) is 0 Å². The maximum Gasteiger partial charge on any atom is 0.306 e. The van der Waals surface area contributed by atoms with E-state index in [0.717, 1.165) is 27.8 Å². The number of para-hydroxylation sites is 1. The van der Waals surface area contributed by atoms with Gasteiger partial charge >= 0.3 is 5.97 Å². The minimum Gasteiger partial charge on any atom is -0.456 e. The van der Waals surface area contributed by atoms with Gasteiger partial charge in [0.05, 0.1) is 5.69 Å². The average Bonchev–Trinajstić information content (AvgIpc) is 3.32. The van der Waals surface area contributed by atoms with Crippen LogP contribution < -0.4 is 5.32 Å². The number of carbonyl (C=O) groups is 2. The minimum absolute atomic E-state index is 0.232. The molecule has 1 amide bonds. The summed E-state index contributed by atoms with van der Waals surface area (Å²) in [6.45, 7) is -0.232. The SMILES string of the molecule is O=C(COC(=O)C[C@H]1C[C@@H]2CC[C@@H]1C2)Nc1ccccc1Sc1ccccc1. The summed E-state index contributed by atoms with van der Waals surface area (Å²) >= 11 is 1.59. The van der Waals surface area contributed by atoms with Crippen molar-refractivity contribution in [3.05, 3.63) is 54.6 Å². The lowest BCUT2D eigenvalue weighted by Gasteiger charge is -2.20. The molecule has 0 saturated heterocycles. The van der Waals surface area contributed by atoms with Crippen LogP contribution in [0.1, 0.15) is 32.1 Å².